The Bertz CT molecular complexity index is 364. The first-order valence-electron chi connectivity index (χ1n) is 4.55. The first-order chi connectivity index (χ1) is 6.69. The molecule has 0 saturated heterocycles. The Labute approximate surface area is 87.4 Å². The topological polar surface area (TPSA) is 53.8 Å². The first kappa shape index (κ1) is 10.9. The van der Waals surface area contributed by atoms with Crippen molar-refractivity contribution in [3.05, 3.63) is 16.1 Å². The normalized spacial score (nSPS) is 12.1. The number of carbonyl (C=O) groups excluding carboxylic acids is 1. The lowest BCUT2D eigenvalue weighted by Gasteiger charge is -2.02. The van der Waals surface area contributed by atoms with Crippen LogP contribution in [0.15, 0.2) is 6.20 Å². The van der Waals surface area contributed by atoms with Crippen LogP contribution in [0.2, 0.25) is 0 Å². The van der Waals surface area contributed by atoms with E-state index in [9.17, 15) is 4.79 Å². The largest absolute Gasteiger partial charge is 0.292 e. The third kappa shape index (κ3) is 2.39. The monoisotopic (exact) mass is 208 g/mol. The van der Waals surface area contributed by atoms with Gasteiger partial charge in [-0.15, -0.1) is 11.3 Å². The average molecular weight is 208 g/mol. The van der Waals surface area contributed by atoms with Gasteiger partial charge in [-0.3, -0.25) is 4.79 Å². The van der Waals surface area contributed by atoms with Gasteiger partial charge in [-0.2, -0.15) is 5.26 Å². The molecular weight excluding hydrogens is 196 g/mol. The summed E-state index contributed by atoms with van der Waals surface area (Å²) in [5.41, 5.74) is 0. The summed E-state index contributed by atoms with van der Waals surface area (Å²) in [4.78, 5) is 16.3. The fourth-order valence-electron chi connectivity index (χ4n) is 1.19. The summed E-state index contributed by atoms with van der Waals surface area (Å²) in [5, 5.41) is 9.67. The lowest BCUT2D eigenvalue weighted by Crippen LogP contribution is -2.11. The number of aromatic nitrogens is 1. The number of nitriles is 1. The summed E-state index contributed by atoms with van der Waals surface area (Å²) >= 11 is 1.35. The maximum absolute atomic E-state index is 11.7. The molecule has 0 saturated carbocycles. The number of nitrogens with zero attached hydrogens (tertiary/aromatic N) is 2. The minimum absolute atomic E-state index is 0.0834. The molecular formula is C10H12N2OS. The molecule has 0 aromatic carbocycles. The van der Waals surface area contributed by atoms with Crippen molar-refractivity contribution < 1.29 is 4.79 Å². The van der Waals surface area contributed by atoms with Crippen molar-refractivity contribution in [3.63, 3.8) is 0 Å². The van der Waals surface area contributed by atoms with Crippen LogP contribution in [0.3, 0.4) is 0 Å². The Morgan fingerprint density at radius 3 is 2.93 bits per heavy atom. The molecule has 0 spiro atoms. The molecule has 14 heavy (non-hydrogen) atoms. The molecule has 1 unspecified atom stereocenters. The van der Waals surface area contributed by atoms with E-state index >= 15 is 0 Å². The fraction of sp³-hybridized carbons (Fsp3) is 0.500. The third-order valence-electron chi connectivity index (χ3n) is 1.91. The predicted octanol–water partition coefficient (Wildman–Crippen LogP) is 2.57. The Kier molecular flexibility index (Phi) is 3.78. The van der Waals surface area contributed by atoms with Gasteiger partial charge in [0.1, 0.15) is 5.92 Å². The zero-order valence-corrected chi connectivity index (χ0v) is 9.10. The van der Waals surface area contributed by atoms with Crippen LogP contribution in [0.5, 0.6) is 0 Å². The highest BCUT2D eigenvalue weighted by molar-refractivity contribution is 7.13. The van der Waals surface area contributed by atoms with Gasteiger partial charge < -0.3 is 0 Å². The Morgan fingerprint density at radius 1 is 1.79 bits per heavy atom. The van der Waals surface area contributed by atoms with E-state index in [1.165, 1.54) is 11.3 Å². The van der Waals surface area contributed by atoms with Gasteiger partial charge in [-0.25, -0.2) is 4.98 Å². The zero-order chi connectivity index (χ0) is 10.6. The average Bonchev–Trinajstić information content (AvgIpc) is 2.60. The highest BCUT2D eigenvalue weighted by Crippen LogP contribution is 2.18. The predicted molar refractivity (Wildman–Crippen MR) is 55.2 cm³/mol. The molecule has 1 atom stereocenters. The second-order valence-corrected chi connectivity index (χ2v) is 4.31. The van der Waals surface area contributed by atoms with Crippen molar-refractivity contribution in [1.29, 1.82) is 5.26 Å². The number of thiazole rings is 1. The summed E-state index contributed by atoms with van der Waals surface area (Å²) in [6.45, 7) is 3.82. The maximum atomic E-state index is 11.7. The molecule has 1 aromatic heterocycles. The third-order valence-corrected chi connectivity index (χ3v) is 2.84. The maximum Gasteiger partial charge on any atom is 0.191 e. The van der Waals surface area contributed by atoms with E-state index in [2.05, 4.69) is 4.98 Å². The summed E-state index contributed by atoms with van der Waals surface area (Å²) in [7, 11) is 0. The van der Waals surface area contributed by atoms with E-state index in [4.69, 9.17) is 5.26 Å². The zero-order valence-electron chi connectivity index (χ0n) is 8.28. The Balaban J connectivity index is 2.79. The molecule has 4 heteroatoms. The van der Waals surface area contributed by atoms with Crippen LogP contribution in [-0.2, 0) is 0 Å². The van der Waals surface area contributed by atoms with Gasteiger partial charge in [0.2, 0.25) is 0 Å². The van der Waals surface area contributed by atoms with Gasteiger partial charge in [0, 0.05) is 6.20 Å². The summed E-state index contributed by atoms with van der Waals surface area (Å²) in [6.07, 6.45) is 3.04. The minimum Gasteiger partial charge on any atom is -0.292 e. The molecule has 0 radical (unpaired) electrons. The van der Waals surface area contributed by atoms with Crippen molar-refractivity contribution in [2.75, 3.05) is 0 Å². The smallest absolute Gasteiger partial charge is 0.191 e. The molecule has 1 rings (SSSR count). The van der Waals surface area contributed by atoms with Gasteiger partial charge in [0.25, 0.3) is 0 Å². The van der Waals surface area contributed by atoms with Crippen LogP contribution in [0.25, 0.3) is 0 Å². The molecule has 1 heterocycles. The number of Topliss-reactive ketones (excluding diaryl/α,β-unsaturated/α-hetero) is 1. The van der Waals surface area contributed by atoms with Crippen LogP contribution in [-0.4, -0.2) is 10.8 Å². The number of aryl methyl sites for hydroxylation is 1. The van der Waals surface area contributed by atoms with E-state index in [-0.39, 0.29) is 5.78 Å². The fourth-order valence-corrected chi connectivity index (χ4v) is 1.96. The molecule has 0 aliphatic rings. The van der Waals surface area contributed by atoms with Crippen molar-refractivity contribution in [1.82, 2.24) is 4.98 Å². The second-order valence-electron chi connectivity index (χ2n) is 3.08. The SMILES string of the molecule is CCCC(C#N)C(=O)c1cnc(C)s1. The molecule has 0 amide bonds. The van der Waals surface area contributed by atoms with Crippen molar-refractivity contribution in [2.45, 2.75) is 26.7 Å². The minimum atomic E-state index is -0.500. The number of hydrogen-bond donors (Lipinski definition) is 0. The summed E-state index contributed by atoms with van der Waals surface area (Å²) in [6, 6.07) is 2.04. The van der Waals surface area contributed by atoms with Gasteiger partial charge in [0.05, 0.1) is 16.0 Å². The van der Waals surface area contributed by atoms with Crippen LogP contribution >= 0.6 is 11.3 Å². The lowest BCUT2D eigenvalue weighted by atomic mass is 10.00. The van der Waals surface area contributed by atoms with E-state index in [1.54, 1.807) is 6.20 Å². The molecule has 1 aromatic rings. The molecule has 0 bridgehead atoms. The molecule has 3 nitrogen and oxygen atoms in total. The Morgan fingerprint density at radius 2 is 2.50 bits per heavy atom. The summed E-state index contributed by atoms with van der Waals surface area (Å²) in [5.74, 6) is -0.584. The number of carbonyl (C=O) groups is 1. The van der Waals surface area contributed by atoms with Gasteiger partial charge >= 0.3 is 0 Å². The molecule has 0 N–H and O–H groups in total. The molecule has 0 fully saturated rings. The van der Waals surface area contributed by atoms with Crippen molar-refractivity contribution in [2.24, 2.45) is 5.92 Å². The van der Waals surface area contributed by atoms with Crippen molar-refractivity contribution in [3.8, 4) is 6.07 Å². The molecule has 0 aliphatic heterocycles. The van der Waals surface area contributed by atoms with Crippen LogP contribution in [0, 0.1) is 24.2 Å². The molecule has 0 aliphatic carbocycles. The Hall–Kier alpha value is -1.21. The van der Waals surface area contributed by atoms with E-state index in [0.717, 1.165) is 11.4 Å². The van der Waals surface area contributed by atoms with E-state index < -0.39 is 5.92 Å². The van der Waals surface area contributed by atoms with Gasteiger partial charge in [-0.1, -0.05) is 13.3 Å². The lowest BCUT2D eigenvalue weighted by molar-refractivity contribution is 0.0947. The molecule has 74 valence electrons. The highest BCUT2D eigenvalue weighted by Gasteiger charge is 2.20. The summed E-state index contributed by atoms with van der Waals surface area (Å²) < 4.78 is 0. The van der Waals surface area contributed by atoms with Gasteiger partial charge in [0.15, 0.2) is 5.78 Å². The van der Waals surface area contributed by atoms with Crippen molar-refractivity contribution >= 4 is 17.1 Å². The number of ketones is 1. The van der Waals surface area contributed by atoms with Crippen LogP contribution in [0.1, 0.15) is 34.4 Å². The van der Waals surface area contributed by atoms with Crippen LogP contribution in [0.4, 0.5) is 0 Å². The number of hydrogen-bond acceptors (Lipinski definition) is 4. The van der Waals surface area contributed by atoms with E-state index in [0.29, 0.717) is 11.3 Å². The quantitative estimate of drug-likeness (QED) is 0.714. The van der Waals surface area contributed by atoms with E-state index in [1.807, 2.05) is 19.9 Å². The van der Waals surface area contributed by atoms with Crippen LogP contribution < -0.4 is 0 Å². The second kappa shape index (κ2) is 4.87. The first-order valence-corrected chi connectivity index (χ1v) is 5.37. The number of rotatable bonds is 4. The standard InChI is InChI=1S/C10H12N2OS/c1-3-4-8(5-11)10(13)9-6-12-7(2)14-9/h6,8H,3-4H2,1-2H3. The highest BCUT2D eigenvalue weighted by atomic mass is 32.1. The van der Waals surface area contributed by atoms with Gasteiger partial charge in [-0.05, 0) is 13.3 Å².